The van der Waals surface area contributed by atoms with E-state index in [-0.39, 0.29) is 5.56 Å². The molecule has 0 atom stereocenters. The van der Waals surface area contributed by atoms with E-state index in [2.05, 4.69) is 10.1 Å². The molecule has 0 saturated heterocycles. The maximum absolute atomic E-state index is 11.1. The van der Waals surface area contributed by atoms with Crippen LogP contribution in [0.1, 0.15) is 21.7 Å². The molecule has 2 heterocycles. The van der Waals surface area contributed by atoms with Crippen molar-refractivity contribution in [2.45, 2.75) is 6.42 Å². The fraction of sp³-hybridized carbons (Fsp3) is 0.0714. The molecule has 0 radical (unpaired) electrons. The molecule has 20 heavy (non-hydrogen) atoms. The van der Waals surface area contributed by atoms with Crippen LogP contribution in [0.15, 0.2) is 42.6 Å². The first kappa shape index (κ1) is 12.6. The number of rotatable bonds is 3. The molecular formula is C14H10ClN3O2. The van der Waals surface area contributed by atoms with Gasteiger partial charge in [0.05, 0.1) is 0 Å². The van der Waals surface area contributed by atoms with Crippen molar-refractivity contribution in [2.75, 3.05) is 0 Å². The molecule has 0 fully saturated rings. The molecule has 0 aliphatic heterocycles. The molecule has 1 aromatic carbocycles. The van der Waals surface area contributed by atoms with Crippen LogP contribution in [0.4, 0.5) is 0 Å². The summed E-state index contributed by atoms with van der Waals surface area (Å²) in [5.41, 5.74) is 1.51. The van der Waals surface area contributed by atoms with E-state index < -0.39 is 5.97 Å². The van der Waals surface area contributed by atoms with Gasteiger partial charge in [-0.2, -0.15) is 5.10 Å². The Morgan fingerprint density at radius 2 is 2.00 bits per heavy atom. The number of carbonyl (C=O) groups is 1. The number of hydrogen-bond acceptors (Lipinski definition) is 3. The highest BCUT2D eigenvalue weighted by molar-refractivity contribution is 6.30. The summed E-state index contributed by atoms with van der Waals surface area (Å²) in [4.78, 5) is 15.4. The maximum Gasteiger partial charge on any atom is 0.339 e. The zero-order valence-corrected chi connectivity index (χ0v) is 11.1. The van der Waals surface area contributed by atoms with Crippen LogP contribution in [-0.2, 0) is 6.42 Å². The quantitative estimate of drug-likeness (QED) is 0.804. The van der Waals surface area contributed by atoms with Crippen LogP contribution in [0.25, 0.3) is 5.65 Å². The van der Waals surface area contributed by atoms with Gasteiger partial charge in [-0.3, -0.25) is 0 Å². The van der Waals surface area contributed by atoms with Gasteiger partial charge >= 0.3 is 5.97 Å². The molecule has 5 nitrogen and oxygen atoms in total. The smallest absolute Gasteiger partial charge is 0.339 e. The fourth-order valence-corrected chi connectivity index (χ4v) is 2.10. The van der Waals surface area contributed by atoms with Crippen LogP contribution in [-0.4, -0.2) is 25.7 Å². The molecule has 2 aromatic heterocycles. The molecule has 0 spiro atoms. The second kappa shape index (κ2) is 4.94. The summed E-state index contributed by atoms with van der Waals surface area (Å²) in [6.07, 6.45) is 2.21. The molecule has 0 aliphatic rings. The molecule has 0 unspecified atom stereocenters. The second-order valence-corrected chi connectivity index (χ2v) is 4.76. The van der Waals surface area contributed by atoms with Crippen molar-refractivity contribution in [2.24, 2.45) is 0 Å². The number of carboxylic acids is 1. The number of carboxylic acid groups (broad SMARTS) is 1. The highest BCUT2D eigenvalue weighted by atomic mass is 35.5. The van der Waals surface area contributed by atoms with E-state index in [1.165, 1.54) is 10.6 Å². The summed E-state index contributed by atoms with van der Waals surface area (Å²) in [7, 11) is 0. The van der Waals surface area contributed by atoms with Crippen molar-refractivity contribution < 1.29 is 9.90 Å². The number of benzene rings is 1. The van der Waals surface area contributed by atoms with Gasteiger partial charge in [0.1, 0.15) is 5.56 Å². The van der Waals surface area contributed by atoms with Gasteiger partial charge < -0.3 is 5.11 Å². The van der Waals surface area contributed by atoms with Crippen molar-refractivity contribution in [1.29, 1.82) is 0 Å². The number of fused-ring (bicyclic) bond motifs is 1. The summed E-state index contributed by atoms with van der Waals surface area (Å²) in [6.45, 7) is 0. The molecule has 0 bridgehead atoms. The monoisotopic (exact) mass is 287 g/mol. The number of nitrogens with zero attached hydrogens (tertiary/aromatic N) is 3. The average Bonchev–Trinajstić information content (AvgIpc) is 2.83. The SMILES string of the molecule is O=C(O)c1cccn2nc(Cc3ccc(Cl)cc3)nc12. The Kier molecular flexibility index (Phi) is 3.12. The third kappa shape index (κ3) is 2.35. The number of aromatic nitrogens is 3. The van der Waals surface area contributed by atoms with Crippen LogP contribution in [0, 0.1) is 0 Å². The lowest BCUT2D eigenvalue weighted by molar-refractivity contribution is 0.0698. The number of hydrogen-bond donors (Lipinski definition) is 1. The van der Waals surface area contributed by atoms with Gasteiger partial charge in [-0.15, -0.1) is 0 Å². The summed E-state index contributed by atoms with van der Waals surface area (Å²) in [5.74, 6) is -0.443. The largest absolute Gasteiger partial charge is 0.478 e. The van der Waals surface area contributed by atoms with Crippen molar-refractivity contribution in [3.05, 3.63) is 64.6 Å². The molecule has 6 heteroatoms. The minimum Gasteiger partial charge on any atom is -0.478 e. The van der Waals surface area contributed by atoms with E-state index in [9.17, 15) is 4.79 Å². The summed E-state index contributed by atoms with van der Waals surface area (Å²) < 4.78 is 1.48. The molecule has 3 rings (SSSR count). The van der Waals surface area contributed by atoms with Crippen LogP contribution >= 0.6 is 11.6 Å². The first-order valence-corrected chi connectivity index (χ1v) is 6.33. The van der Waals surface area contributed by atoms with Crippen molar-refractivity contribution >= 4 is 23.2 Å². The van der Waals surface area contributed by atoms with Gasteiger partial charge in [0.15, 0.2) is 11.5 Å². The molecule has 100 valence electrons. The predicted molar refractivity (Wildman–Crippen MR) is 74.2 cm³/mol. The fourth-order valence-electron chi connectivity index (χ4n) is 1.98. The zero-order chi connectivity index (χ0) is 14.1. The lowest BCUT2D eigenvalue weighted by Crippen LogP contribution is -2.00. The van der Waals surface area contributed by atoms with E-state index in [0.29, 0.717) is 22.9 Å². The minimum absolute atomic E-state index is 0.141. The molecular weight excluding hydrogens is 278 g/mol. The molecule has 0 aliphatic carbocycles. The standard InChI is InChI=1S/C14H10ClN3O2/c15-10-5-3-9(4-6-10)8-12-16-13-11(14(19)20)2-1-7-18(13)17-12/h1-7H,8H2,(H,19,20). The van der Waals surface area contributed by atoms with Crippen LogP contribution in [0.3, 0.4) is 0 Å². The Balaban J connectivity index is 1.99. The minimum atomic E-state index is -1.01. The van der Waals surface area contributed by atoms with Crippen molar-refractivity contribution in [1.82, 2.24) is 14.6 Å². The third-order valence-electron chi connectivity index (χ3n) is 2.91. The Labute approximate surface area is 119 Å². The van der Waals surface area contributed by atoms with Crippen molar-refractivity contribution in [3.8, 4) is 0 Å². The van der Waals surface area contributed by atoms with Crippen LogP contribution in [0.5, 0.6) is 0 Å². The van der Waals surface area contributed by atoms with E-state index in [1.807, 2.05) is 12.1 Å². The van der Waals surface area contributed by atoms with Gasteiger partial charge in [0, 0.05) is 17.6 Å². The Morgan fingerprint density at radius 1 is 1.25 bits per heavy atom. The van der Waals surface area contributed by atoms with Crippen LogP contribution < -0.4 is 0 Å². The van der Waals surface area contributed by atoms with E-state index in [1.54, 1.807) is 24.4 Å². The first-order chi connectivity index (χ1) is 9.63. The Morgan fingerprint density at radius 3 is 2.70 bits per heavy atom. The first-order valence-electron chi connectivity index (χ1n) is 5.95. The summed E-state index contributed by atoms with van der Waals surface area (Å²) in [5, 5.41) is 14.1. The number of pyridine rings is 1. The molecule has 1 N–H and O–H groups in total. The lowest BCUT2D eigenvalue weighted by Gasteiger charge is -1.96. The van der Waals surface area contributed by atoms with Gasteiger partial charge in [-0.25, -0.2) is 14.3 Å². The van der Waals surface area contributed by atoms with Gasteiger partial charge in [-0.05, 0) is 29.8 Å². The average molecular weight is 288 g/mol. The Hall–Kier alpha value is -2.40. The van der Waals surface area contributed by atoms with Crippen molar-refractivity contribution in [3.63, 3.8) is 0 Å². The van der Waals surface area contributed by atoms with Gasteiger partial charge in [0.25, 0.3) is 0 Å². The lowest BCUT2D eigenvalue weighted by atomic mass is 10.1. The molecule has 0 amide bonds. The van der Waals surface area contributed by atoms with Crippen LogP contribution in [0.2, 0.25) is 5.02 Å². The van der Waals surface area contributed by atoms with E-state index in [4.69, 9.17) is 16.7 Å². The number of aromatic carboxylic acids is 1. The molecule has 3 aromatic rings. The predicted octanol–water partition coefficient (Wildman–Crippen LogP) is 2.67. The second-order valence-electron chi connectivity index (χ2n) is 4.33. The summed E-state index contributed by atoms with van der Waals surface area (Å²) >= 11 is 5.83. The highest BCUT2D eigenvalue weighted by Gasteiger charge is 2.13. The van der Waals surface area contributed by atoms with E-state index in [0.717, 1.165) is 5.56 Å². The maximum atomic E-state index is 11.1. The normalized spacial score (nSPS) is 10.8. The zero-order valence-electron chi connectivity index (χ0n) is 10.3. The number of halogens is 1. The third-order valence-corrected chi connectivity index (χ3v) is 3.16. The Bertz CT molecular complexity index is 781. The highest BCUT2D eigenvalue weighted by Crippen LogP contribution is 2.14. The van der Waals surface area contributed by atoms with E-state index >= 15 is 0 Å². The topological polar surface area (TPSA) is 67.5 Å². The summed E-state index contributed by atoms with van der Waals surface area (Å²) in [6, 6.07) is 10.5. The van der Waals surface area contributed by atoms with Gasteiger partial charge in [-0.1, -0.05) is 23.7 Å². The van der Waals surface area contributed by atoms with Gasteiger partial charge in [0.2, 0.25) is 0 Å². The molecule has 0 saturated carbocycles.